The van der Waals surface area contributed by atoms with Crippen molar-refractivity contribution in [3.8, 4) is 5.75 Å². The molecule has 2 aromatic rings. The van der Waals surface area contributed by atoms with Crippen LogP contribution in [0.2, 0.25) is 0 Å². The van der Waals surface area contributed by atoms with Gasteiger partial charge in [0.05, 0.1) is 12.7 Å². The van der Waals surface area contributed by atoms with E-state index in [4.69, 9.17) is 0 Å². The zero-order chi connectivity index (χ0) is 21.4. The van der Waals surface area contributed by atoms with Crippen LogP contribution in [0.4, 0.5) is 0 Å². The van der Waals surface area contributed by atoms with Crippen molar-refractivity contribution < 1.29 is 15.3 Å². The Morgan fingerprint density at radius 1 is 1.10 bits per heavy atom. The molecule has 1 unspecified atom stereocenters. The van der Waals surface area contributed by atoms with Gasteiger partial charge in [0.15, 0.2) is 0 Å². The normalized spacial score (nSPS) is 13.4. The van der Waals surface area contributed by atoms with E-state index in [0.717, 1.165) is 45.4 Å². The van der Waals surface area contributed by atoms with Gasteiger partial charge >= 0.3 is 0 Å². The second kappa shape index (κ2) is 10.8. The molecule has 0 aliphatic carbocycles. The van der Waals surface area contributed by atoms with Crippen LogP contribution in [-0.2, 0) is 0 Å². The summed E-state index contributed by atoms with van der Waals surface area (Å²) in [7, 11) is 0. The van der Waals surface area contributed by atoms with Crippen LogP contribution in [0, 0.1) is 13.8 Å². The molecule has 3 N–H and O–H groups in total. The Morgan fingerprint density at radius 3 is 2.28 bits per heavy atom. The predicted molar refractivity (Wildman–Crippen MR) is 122 cm³/mol. The molecule has 3 heteroatoms. The largest absolute Gasteiger partial charge is 0.507 e. The van der Waals surface area contributed by atoms with Gasteiger partial charge in [0.2, 0.25) is 0 Å². The van der Waals surface area contributed by atoms with Crippen LogP contribution in [0.3, 0.4) is 0 Å². The predicted octanol–water partition coefficient (Wildman–Crippen LogP) is 5.58. The zero-order valence-electron chi connectivity index (χ0n) is 17.7. The molecule has 0 aromatic heterocycles. The maximum atomic E-state index is 10.7. The molecular formula is C26H32O3. The van der Waals surface area contributed by atoms with E-state index >= 15 is 0 Å². The highest BCUT2D eigenvalue weighted by atomic mass is 16.3. The van der Waals surface area contributed by atoms with Crippen LogP contribution < -0.4 is 0 Å². The highest BCUT2D eigenvalue weighted by molar-refractivity contribution is 5.82. The van der Waals surface area contributed by atoms with E-state index in [1.807, 2.05) is 51.1 Å². The van der Waals surface area contributed by atoms with Crippen LogP contribution in [0.5, 0.6) is 5.75 Å². The molecule has 0 saturated heterocycles. The van der Waals surface area contributed by atoms with Crippen LogP contribution >= 0.6 is 0 Å². The molecule has 0 spiro atoms. The van der Waals surface area contributed by atoms with Crippen LogP contribution in [-0.4, -0.2) is 28.0 Å². The summed E-state index contributed by atoms with van der Waals surface area (Å²) >= 11 is 0. The maximum absolute atomic E-state index is 10.7. The number of hydrogen-bond acceptors (Lipinski definition) is 3. The lowest BCUT2D eigenvalue weighted by Crippen LogP contribution is -2.13. The summed E-state index contributed by atoms with van der Waals surface area (Å²) in [6, 6.07) is 14.1. The Labute approximate surface area is 174 Å². The zero-order valence-corrected chi connectivity index (χ0v) is 17.7. The SMILES string of the molecule is C=C(CC)/C(=C/CO)C(O)CC/C(=C/c1cc(C)c(O)c(C)c1)c1ccccc1. The van der Waals surface area contributed by atoms with Crippen molar-refractivity contribution >= 4 is 11.6 Å². The van der Waals surface area contributed by atoms with Gasteiger partial charge < -0.3 is 15.3 Å². The third-order valence-electron chi connectivity index (χ3n) is 5.19. The van der Waals surface area contributed by atoms with E-state index in [0.29, 0.717) is 18.6 Å². The summed E-state index contributed by atoms with van der Waals surface area (Å²) in [6.45, 7) is 9.69. The van der Waals surface area contributed by atoms with Crippen molar-refractivity contribution in [2.24, 2.45) is 0 Å². The van der Waals surface area contributed by atoms with E-state index in [2.05, 4.69) is 24.8 Å². The fourth-order valence-corrected chi connectivity index (χ4v) is 3.49. The molecule has 2 rings (SSSR count). The molecular weight excluding hydrogens is 360 g/mol. The molecule has 0 bridgehead atoms. The lowest BCUT2D eigenvalue weighted by Gasteiger charge is -2.18. The molecule has 1 atom stereocenters. The number of benzene rings is 2. The molecule has 2 aromatic carbocycles. The monoisotopic (exact) mass is 392 g/mol. The van der Waals surface area contributed by atoms with Crippen LogP contribution in [0.15, 0.2) is 66.3 Å². The number of aromatic hydroxyl groups is 1. The summed E-state index contributed by atoms with van der Waals surface area (Å²) in [5.74, 6) is 0.329. The van der Waals surface area contributed by atoms with Gasteiger partial charge in [-0.1, -0.05) is 56.0 Å². The van der Waals surface area contributed by atoms with Gasteiger partial charge in [-0.15, -0.1) is 0 Å². The number of phenols is 1. The first kappa shape index (κ1) is 22.7. The van der Waals surface area contributed by atoms with E-state index in [-0.39, 0.29) is 6.61 Å². The van der Waals surface area contributed by atoms with Crippen LogP contribution in [0.1, 0.15) is 48.4 Å². The lowest BCUT2D eigenvalue weighted by molar-refractivity contribution is 0.202. The summed E-state index contributed by atoms with van der Waals surface area (Å²) in [4.78, 5) is 0. The maximum Gasteiger partial charge on any atom is 0.121 e. The van der Waals surface area contributed by atoms with Crippen LogP contribution in [0.25, 0.3) is 11.6 Å². The quantitative estimate of drug-likeness (QED) is 0.386. The minimum Gasteiger partial charge on any atom is -0.507 e. The molecule has 0 heterocycles. The van der Waals surface area contributed by atoms with Gasteiger partial charge in [0, 0.05) is 0 Å². The Kier molecular flexibility index (Phi) is 8.44. The number of allylic oxidation sites excluding steroid dienone is 1. The number of aryl methyl sites for hydroxylation is 2. The summed E-state index contributed by atoms with van der Waals surface area (Å²) < 4.78 is 0. The molecule has 0 aliphatic heterocycles. The minimum atomic E-state index is -0.676. The fraction of sp³-hybridized carbons (Fsp3) is 0.308. The number of rotatable bonds is 9. The van der Waals surface area contributed by atoms with Gasteiger partial charge in [-0.3, -0.25) is 0 Å². The van der Waals surface area contributed by atoms with Crippen molar-refractivity contribution in [1.82, 2.24) is 0 Å². The van der Waals surface area contributed by atoms with Crippen molar-refractivity contribution in [3.63, 3.8) is 0 Å². The van der Waals surface area contributed by atoms with Gasteiger partial charge in [-0.25, -0.2) is 0 Å². The van der Waals surface area contributed by atoms with Gasteiger partial charge in [-0.2, -0.15) is 0 Å². The Balaban J connectivity index is 2.33. The third kappa shape index (κ3) is 6.18. The first-order valence-corrected chi connectivity index (χ1v) is 10.1. The summed E-state index contributed by atoms with van der Waals surface area (Å²) in [5.41, 5.74) is 6.49. The van der Waals surface area contributed by atoms with Crippen molar-refractivity contribution in [2.75, 3.05) is 6.61 Å². The van der Waals surface area contributed by atoms with E-state index < -0.39 is 6.10 Å². The number of aliphatic hydroxyl groups is 2. The highest BCUT2D eigenvalue weighted by Crippen LogP contribution is 2.29. The van der Waals surface area contributed by atoms with Crippen molar-refractivity contribution in [1.29, 1.82) is 0 Å². The van der Waals surface area contributed by atoms with E-state index in [1.165, 1.54) is 0 Å². The molecule has 0 radical (unpaired) electrons. The second-order valence-electron chi connectivity index (χ2n) is 7.39. The minimum absolute atomic E-state index is 0.112. The topological polar surface area (TPSA) is 60.7 Å². The van der Waals surface area contributed by atoms with E-state index in [9.17, 15) is 15.3 Å². The number of phenolic OH excluding ortho intramolecular Hbond substituents is 1. The van der Waals surface area contributed by atoms with Gasteiger partial charge in [-0.05, 0) is 84.2 Å². The first-order chi connectivity index (χ1) is 13.9. The van der Waals surface area contributed by atoms with Crippen molar-refractivity contribution in [3.05, 3.63) is 88.5 Å². The third-order valence-corrected chi connectivity index (χ3v) is 5.19. The summed E-state index contributed by atoms with van der Waals surface area (Å²) in [5, 5.41) is 30.1. The average Bonchev–Trinajstić information content (AvgIpc) is 2.72. The highest BCUT2D eigenvalue weighted by Gasteiger charge is 2.14. The molecule has 0 amide bonds. The first-order valence-electron chi connectivity index (χ1n) is 10.1. The number of hydrogen-bond donors (Lipinski definition) is 3. The molecule has 29 heavy (non-hydrogen) atoms. The molecule has 3 nitrogen and oxygen atoms in total. The summed E-state index contributed by atoms with van der Waals surface area (Å²) in [6.07, 6.45) is 5.02. The smallest absolute Gasteiger partial charge is 0.121 e. The second-order valence-corrected chi connectivity index (χ2v) is 7.39. The number of aliphatic hydroxyl groups excluding tert-OH is 2. The Morgan fingerprint density at radius 2 is 1.72 bits per heavy atom. The van der Waals surface area contributed by atoms with Gasteiger partial charge in [0.25, 0.3) is 0 Å². The lowest BCUT2D eigenvalue weighted by atomic mass is 9.91. The average molecular weight is 393 g/mol. The molecule has 0 fully saturated rings. The molecule has 0 saturated carbocycles. The molecule has 154 valence electrons. The van der Waals surface area contributed by atoms with E-state index in [1.54, 1.807) is 6.08 Å². The molecule has 0 aliphatic rings. The Hall–Kier alpha value is -2.62. The van der Waals surface area contributed by atoms with Gasteiger partial charge in [0.1, 0.15) is 5.75 Å². The fourth-order valence-electron chi connectivity index (χ4n) is 3.49. The Bertz CT molecular complexity index is 868. The van der Waals surface area contributed by atoms with Crippen molar-refractivity contribution in [2.45, 2.75) is 46.1 Å². The standard InChI is InChI=1S/C26H32O3/c1-5-18(2)24(13-14-27)25(28)12-11-23(22-9-7-6-8-10-22)17-21-15-19(3)26(29)20(4)16-21/h6-10,13,15-17,25,27-29H,2,5,11-12,14H2,1,3-4H3/b23-17-,24-13-.